The molecular weight excluding hydrogens is 316 g/mol. The molecule has 1 aromatic rings. The minimum atomic E-state index is -0.761. The third kappa shape index (κ3) is 3.11. The highest BCUT2D eigenvalue weighted by molar-refractivity contribution is 9.10. The van der Waals surface area contributed by atoms with Crippen molar-refractivity contribution in [2.75, 3.05) is 0 Å². The summed E-state index contributed by atoms with van der Waals surface area (Å²) >= 11 is 3.19. The van der Waals surface area contributed by atoms with Crippen LogP contribution in [0.25, 0.3) is 0 Å². The summed E-state index contributed by atoms with van der Waals surface area (Å²) < 4.78 is 0.638. The van der Waals surface area contributed by atoms with E-state index in [0.717, 1.165) is 0 Å². The molecule has 0 saturated carbocycles. The Morgan fingerprint density at radius 3 is 2.84 bits per heavy atom. The van der Waals surface area contributed by atoms with Crippen LogP contribution in [0.5, 0.6) is 5.75 Å². The van der Waals surface area contributed by atoms with Crippen LogP contribution in [0.3, 0.4) is 0 Å². The maximum absolute atomic E-state index is 12.0. The number of nitrogens with one attached hydrogen (secondary N) is 2. The first-order valence-electron chi connectivity index (χ1n) is 5.60. The Morgan fingerprint density at radius 1 is 1.42 bits per heavy atom. The zero-order valence-electron chi connectivity index (χ0n) is 9.77. The average molecular weight is 327 g/mol. The second-order valence-electron chi connectivity index (χ2n) is 4.14. The molecule has 1 heterocycles. The van der Waals surface area contributed by atoms with E-state index in [1.807, 2.05) is 0 Å². The van der Waals surface area contributed by atoms with Crippen LogP contribution in [0.4, 0.5) is 0 Å². The van der Waals surface area contributed by atoms with E-state index in [2.05, 4.69) is 26.6 Å². The lowest BCUT2D eigenvalue weighted by Gasteiger charge is -2.21. The number of hydrogen-bond acceptors (Lipinski definition) is 4. The van der Waals surface area contributed by atoms with E-state index in [1.165, 1.54) is 12.1 Å². The number of phenols is 1. The van der Waals surface area contributed by atoms with Crippen molar-refractivity contribution in [1.29, 1.82) is 0 Å². The third-order valence-electron chi connectivity index (χ3n) is 2.75. The molecule has 0 aliphatic carbocycles. The molecule has 1 saturated heterocycles. The van der Waals surface area contributed by atoms with Gasteiger partial charge in [-0.2, -0.15) is 0 Å². The van der Waals surface area contributed by atoms with Gasteiger partial charge in [-0.25, -0.2) is 0 Å². The number of amides is 3. The number of phenolic OH excluding ortho intramolecular Hbond substituents is 1. The van der Waals surface area contributed by atoms with Crippen molar-refractivity contribution in [2.24, 2.45) is 0 Å². The van der Waals surface area contributed by atoms with Crippen molar-refractivity contribution in [3.05, 3.63) is 28.2 Å². The van der Waals surface area contributed by atoms with Gasteiger partial charge in [-0.15, -0.1) is 0 Å². The summed E-state index contributed by atoms with van der Waals surface area (Å²) in [7, 11) is 0. The molecule has 1 aliphatic rings. The minimum absolute atomic E-state index is 0.0686. The van der Waals surface area contributed by atoms with E-state index in [1.54, 1.807) is 6.07 Å². The molecular formula is C12H11BrN2O4. The maximum Gasteiger partial charge on any atom is 0.255 e. The molecule has 1 aliphatic heterocycles. The van der Waals surface area contributed by atoms with Gasteiger partial charge in [0.2, 0.25) is 11.8 Å². The SMILES string of the molecule is O=C1CCC(NC(=O)c2cc(Br)ccc2O)C(=O)N1. The fourth-order valence-electron chi connectivity index (χ4n) is 1.76. The first kappa shape index (κ1) is 13.5. The largest absolute Gasteiger partial charge is 0.507 e. The van der Waals surface area contributed by atoms with Gasteiger partial charge in [-0.05, 0) is 24.6 Å². The summed E-state index contributed by atoms with van der Waals surface area (Å²) in [6.07, 6.45) is 0.437. The second kappa shape index (κ2) is 5.40. The number of hydrogen-bond donors (Lipinski definition) is 3. The molecule has 1 unspecified atom stereocenters. The van der Waals surface area contributed by atoms with E-state index in [4.69, 9.17) is 0 Å². The molecule has 6 nitrogen and oxygen atoms in total. The van der Waals surface area contributed by atoms with Crippen LogP contribution in [0.15, 0.2) is 22.7 Å². The van der Waals surface area contributed by atoms with E-state index < -0.39 is 17.9 Å². The number of benzene rings is 1. The second-order valence-corrected chi connectivity index (χ2v) is 5.05. The Labute approximate surface area is 117 Å². The van der Waals surface area contributed by atoms with E-state index in [9.17, 15) is 19.5 Å². The molecule has 1 fully saturated rings. The van der Waals surface area contributed by atoms with Crippen LogP contribution in [0.1, 0.15) is 23.2 Å². The normalized spacial score (nSPS) is 18.9. The van der Waals surface area contributed by atoms with Crippen LogP contribution in [0, 0.1) is 0 Å². The number of rotatable bonds is 2. The quantitative estimate of drug-likeness (QED) is 0.697. The fourth-order valence-corrected chi connectivity index (χ4v) is 2.12. The Balaban J connectivity index is 2.11. The minimum Gasteiger partial charge on any atom is -0.507 e. The van der Waals surface area contributed by atoms with Crippen LogP contribution in [0.2, 0.25) is 0 Å². The summed E-state index contributed by atoms with van der Waals surface area (Å²) in [5.41, 5.74) is 0.0686. The average Bonchev–Trinajstić information content (AvgIpc) is 2.35. The lowest BCUT2D eigenvalue weighted by atomic mass is 10.1. The third-order valence-corrected chi connectivity index (χ3v) is 3.24. The molecule has 3 amide bonds. The molecule has 19 heavy (non-hydrogen) atoms. The molecule has 0 aromatic heterocycles. The maximum atomic E-state index is 12.0. The zero-order valence-corrected chi connectivity index (χ0v) is 11.4. The van der Waals surface area contributed by atoms with Crippen molar-refractivity contribution in [2.45, 2.75) is 18.9 Å². The topological polar surface area (TPSA) is 95.5 Å². The number of carbonyl (C=O) groups excluding carboxylic acids is 3. The Hall–Kier alpha value is -1.89. The molecule has 7 heteroatoms. The standard InChI is InChI=1S/C12H11BrN2O4/c13-6-1-3-9(16)7(5-6)11(18)14-8-2-4-10(17)15-12(8)19/h1,3,5,8,16H,2,4H2,(H,14,18)(H,15,17,19). The summed E-state index contributed by atoms with van der Waals surface area (Å²) in [6.45, 7) is 0. The van der Waals surface area contributed by atoms with Gasteiger partial charge in [-0.3, -0.25) is 19.7 Å². The van der Waals surface area contributed by atoms with Crippen molar-refractivity contribution in [3.63, 3.8) is 0 Å². The molecule has 0 bridgehead atoms. The number of halogens is 1. The van der Waals surface area contributed by atoms with Gasteiger partial charge in [0.25, 0.3) is 5.91 Å². The van der Waals surface area contributed by atoms with Crippen molar-refractivity contribution in [1.82, 2.24) is 10.6 Å². The zero-order chi connectivity index (χ0) is 14.0. The van der Waals surface area contributed by atoms with E-state index >= 15 is 0 Å². The van der Waals surface area contributed by atoms with Gasteiger partial charge in [0.05, 0.1) is 5.56 Å². The van der Waals surface area contributed by atoms with Crippen LogP contribution in [-0.2, 0) is 9.59 Å². The lowest BCUT2D eigenvalue weighted by Crippen LogP contribution is -2.52. The van der Waals surface area contributed by atoms with Crippen molar-refractivity contribution >= 4 is 33.7 Å². The van der Waals surface area contributed by atoms with Gasteiger partial charge in [-0.1, -0.05) is 15.9 Å². The molecule has 1 atom stereocenters. The van der Waals surface area contributed by atoms with Crippen LogP contribution >= 0.6 is 15.9 Å². The number of piperidine rings is 1. The Kier molecular flexibility index (Phi) is 3.84. The van der Waals surface area contributed by atoms with Crippen molar-refractivity contribution in [3.8, 4) is 5.75 Å². The molecule has 2 rings (SSSR count). The predicted molar refractivity (Wildman–Crippen MR) is 69.4 cm³/mol. The molecule has 3 N–H and O–H groups in total. The first-order valence-corrected chi connectivity index (χ1v) is 6.40. The Bertz CT molecular complexity index is 559. The summed E-state index contributed by atoms with van der Waals surface area (Å²) in [5, 5.41) is 14.2. The number of imide groups is 1. The molecule has 0 radical (unpaired) electrons. The van der Waals surface area contributed by atoms with E-state index in [-0.39, 0.29) is 30.1 Å². The Morgan fingerprint density at radius 2 is 2.16 bits per heavy atom. The van der Waals surface area contributed by atoms with E-state index in [0.29, 0.717) is 4.47 Å². The van der Waals surface area contributed by atoms with Gasteiger partial charge < -0.3 is 10.4 Å². The van der Waals surface area contributed by atoms with Gasteiger partial charge in [0, 0.05) is 10.9 Å². The molecule has 0 spiro atoms. The smallest absolute Gasteiger partial charge is 0.255 e. The van der Waals surface area contributed by atoms with Crippen LogP contribution < -0.4 is 10.6 Å². The van der Waals surface area contributed by atoms with Gasteiger partial charge in [0.15, 0.2) is 0 Å². The van der Waals surface area contributed by atoms with Crippen molar-refractivity contribution < 1.29 is 19.5 Å². The summed E-state index contributed by atoms with van der Waals surface area (Å²) in [4.78, 5) is 34.4. The molecule has 1 aromatic carbocycles. The highest BCUT2D eigenvalue weighted by atomic mass is 79.9. The first-order chi connectivity index (χ1) is 8.97. The monoisotopic (exact) mass is 326 g/mol. The highest BCUT2D eigenvalue weighted by Crippen LogP contribution is 2.22. The van der Waals surface area contributed by atoms with Gasteiger partial charge in [0.1, 0.15) is 11.8 Å². The van der Waals surface area contributed by atoms with Crippen LogP contribution in [-0.4, -0.2) is 28.9 Å². The summed E-state index contributed by atoms with van der Waals surface area (Å²) in [6, 6.07) is 3.67. The fraction of sp³-hybridized carbons (Fsp3) is 0.250. The lowest BCUT2D eigenvalue weighted by molar-refractivity contribution is -0.134. The number of aromatic hydroxyl groups is 1. The molecule has 100 valence electrons. The summed E-state index contributed by atoms with van der Waals surface area (Å²) in [5.74, 6) is -1.61. The highest BCUT2D eigenvalue weighted by Gasteiger charge is 2.28. The predicted octanol–water partition coefficient (Wildman–Crippen LogP) is 0.690. The van der Waals surface area contributed by atoms with Gasteiger partial charge >= 0.3 is 0 Å². The number of carbonyl (C=O) groups is 3.